The van der Waals surface area contributed by atoms with Gasteiger partial charge in [-0.15, -0.1) is 0 Å². The van der Waals surface area contributed by atoms with Gasteiger partial charge in [-0.05, 0) is 56.7 Å². The third kappa shape index (κ3) is 5.80. The summed E-state index contributed by atoms with van der Waals surface area (Å²) < 4.78 is 5.33. The van der Waals surface area contributed by atoms with Gasteiger partial charge in [0.05, 0.1) is 5.56 Å². The topological polar surface area (TPSA) is 55.6 Å². The zero-order valence-corrected chi connectivity index (χ0v) is 14.4. The van der Waals surface area contributed by atoms with Crippen molar-refractivity contribution < 1.29 is 9.53 Å². The van der Waals surface area contributed by atoms with Crippen LogP contribution in [-0.2, 0) is 11.3 Å². The summed E-state index contributed by atoms with van der Waals surface area (Å²) in [4.78, 5) is 14.2. The Hall–Kier alpha value is -2.17. The van der Waals surface area contributed by atoms with Crippen LogP contribution < -0.4 is 5.73 Å². The first-order chi connectivity index (χ1) is 11.6. The van der Waals surface area contributed by atoms with Crippen LogP contribution in [0.2, 0.25) is 0 Å². The van der Waals surface area contributed by atoms with Crippen LogP contribution in [0.5, 0.6) is 0 Å². The van der Waals surface area contributed by atoms with Crippen molar-refractivity contribution in [1.82, 2.24) is 4.90 Å². The van der Waals surface area contributed by atoms with Gasteiger partial charge in [-0.1, -0.05) is 42.5 Å². The van der Waals surface area contributed by atoms with Crippen molar-refractivity contribution in [3.63, 3.8) is 0 Å². The highest BCUT2D eigenvalue weighted by Gasteiger charge is 2.10. The van der Waals surface area contributed by atoms with Crippen LogP contribution in [0.4, 0.5) is 0 Å². The Kier molecular flexibility index (Phi) is 6.97. The molecule has 2 aromatic rings. The molecule has 2 N–H and O–H groups in total. The van der Waals surface area contributed by atoms with E-state index in [2.05, 4.69) is 19.0 Å². The van der Waals surface area contributed by atoms with Gasteiger partial charge >= 0.3 is 5.97 Å². The second-order valence-electron chi connectivity index (χ2n) is 6.24. The normalized spacial score (nSPS) is 12.2. The molecule has 2 aromatic carbocycles. The highest BCUT2D eigenvalue weighted by Crippen LogP contribution is 2.17. The first-order valence-electron chi connectivity index (χ1n) is 8.27. The molecule has 24 heavy (non-hydrogen) atoms. The zero-order valence-electron chi connectivity index (χ0n) is 14.4. The third-order valence-electron chi connectivity index (χ3n) is 3.91. The minimum atomic E-state index is -0.313. The lowest BCUT2D eigenvalue weighted by Crippen LogP contribution is -2.16. The highest BCUT2D eigenvalue weighted by atomic mass is 16.5. The van der Waals surface area contributed by atoms with Crippen molar-refractivity contribution in [2.75, 3.05) is 20.6 Å². The summed E-state index contributed by atoms with van der Waals surface area (Å²) in [6, 6.07) is 17.1. The Morgan fingerprint density at radius 2 is 1.75 bits per heavy atom. The fourth-order valence-electron chi connectivity index (χ4n) is 2.47. The number of esters is 1. The van der Waals surface area contributed by atoms with Crippen molar-refractivity contribution in [3.05, 3.63) is 71.3 Å². The second kappa shape index (κ2) is 9.21. The van der Waals surface area contributed by atoms with Gasteiger partial charge in [0.1, 0.15) is 6.61 Å². The van der Waals surface area contributed by atoms with E-state index in [9.17, 15) is 4.79 Å². The summed E-state index contributed by atoms with van der Waals surface area (Å²) in [6.45, 7) is 1.31. The molecular weight excluding hydrogens is 300 g/mol. The van der Waals surface area contributed by atoms with Crippen molar-refractivity contribution in [2.45, 2.75) is 25.5 Å². The number of carbonyl (C=O) groups is 1. The van der Waals surface area contributed by atoms with E-state index in [1.54, 1.807) is 12.1 Å². The van der Waals surface area contributed by atoms with Gasteiger partial charge in [0.15, 0.2) is 0 Å². The molecule has 0 aliphatic carbocycles. The van der Waals surface area contributed by atoms with E-state index in [0.717, 1.165) is 30.5 Å². The maximum Gasteiger partial charge on any atom is 0.338 e. The van der Waals surface area contributed by atoms with Crippen LogP contribution in [0.3, 0.4) is 0 Å². The van der Waals surface area contributed by atoms with Gasteiger partial charge in [-0.2, -0.15) is 0 Å². The number of benzene rings is 2. The average molecular weight is 326 g/mol. The van der Waals surface area contributed by atoms with E-state index >= 15 is 0 Å². The summed E-state index contributed by atoms with van der Waals surface area (Å²) in [5.74, 6) is -0.313. The molecule has 0 spiro atoms. The van der Waals surface area contributed by atoms with Crippen LogP contribution in [0.15, 0.2) is 54.6 Å². The first kappa shape index (κ1) is 18.2. The number of carbonyl (C=O) groups excluding carboxylic acids is 1. The number of hydrogen-bond donors (Lipinski definition) is 1. The van der Waals surface area contributed by atoms with E-state index in [0.29, 0.717) is 5.56 Å². The van der Waals surface area contributed by atoms with Gasteiger partial charge < -0.3 is 15.4 Å². The van der Waals surface area contributed by atoms with Crippen molar-refractivity contribution in [2.24, 2.45) is 5.73 Å². The van der Waals surface area contributed by atoms with Crippen LogP contribution >= 0.6 is 0 Å². The maximum absolute atomic E-state index is 12.1. The van der Waals surface area contributed by atoms with Crippen LogP contribution in [-0.4, -0.2) is 31.5 Å². The highest BCUT2D eigenvalue weighted by molar-refractivity contribution is 5.89. The lowest BCUT2D eigenvalue weighted by Gasteiger charge is -2.14. The lowest BCUT2D eigenvalue weighted by atomic mass is 10.0. The standard InChI is InChI=1S/C20H26N2O2/c1-22(2)14-6-9-19(21)17-10-12-18(13-11-17)20(23)24-15-16-7-4-3-5-8-16/h3-5,7-8,10-13,19H,6,9,14-15,21H2,1-2H3. The Morgan fingerprint density at radius 1 is 1.08 bits per heavy atom. The molecule has 1 atom stereocenters. The van der Waals surface area contributed by atoms with Crippen molar-refractivity contribution in [3.8, 4) is 0 Å². The van der Waals surface area contributed by atoms with E-state index in [1.165, 1.54) is 0 Å². The Labute approximate surface area is 144 Å². The number of nitrogens with zero attached hydrogens (tertiary/aromatic N) is 1. The molecule has 0 aliphatic heterocycles. The van der Waals surface area contributed by atoms with Gasteiger partial charge in [0.25, 0.3) is 0 Å². The SMILES string of the molecule is CN(C)CCCC(N)c1ccc(C(=O)OCc2ccccc2)cc1. The molecule has 4 heteroatoms. The fourth-order valence-corrected chi connectivity index (χ4v) is 2.47. The minimum Gasteiger partial charge on any atom is -0.457 e. The Morgan fingerprint density at radius 3 is 2.38 bits per heavy atom. The monoisotopic (exact) mass is 326 g/mol. The quantitative estimate of drug-likeness (QED) is 0.756. The molecule has 0 bridgehead atoms. The predicted octanol–water partition coefficient (Wildman–Crippen LogP) is 3.39. The molecule has 1 unspecified atom stereocenters. The smallest absolute Gasteiger partial charge is 0.338 e. The molecule has 0 amide bonds. The zero-order chi connectivity index (χ0) is 17.4. The molecular formula is C20H26N2O2. The van der Waals surface area contributed by atoms with Gasteiger partial charge in [0, 0.05) is 6.04 Å². The number of nitrogens with two attached hydrogens (primary N) is 1. The maximum atomic E-state index is 12.1. The lowest BCUT2D eigenvalue weighted by molar-refractivity contribution is 0.0472. The molecule has 0 saturated carbocycles. The van der Waals surface area contributed by atoms with Gasteiger partial charge in [0.2, 0.25) is 0 Å². The van der Waals surface area contributed by atoms with E-state index in [-0.39, 0.29) is 18.6 Å². The number of hydrogen-bond acceptors (Lipinski definition) is 4. The summed E-state index contributed by atoms with van der Waals surface area (Å²) in [7, 11) is 4.11. The molecule has 0 aromatic heterocycles. The molecule has 4 nitrogen and oxygen atoms in total. The molecule has 0 fully saturated rings. The van der Waals surface area contributed by atoms with Gasteiger partial charge in [-0.25, -0.2) is 4.79 Å². The van der Waals surface area contributed by atoms with Crippen LogP contribution in [0.25, 0.3) is 0 Å². The average Bonchev–Trinajstić information content (AvgIpc) is 2.60. The molecule has 0 radical (unpaired) electrons. The van der Waals surface area contributed by atoms with E-state index in [1.807, 2.05) is 42.5 Å². The summed E-state index contributed by atoms with van der Waals surface area (Å²) in [6.07, 6.45) is 1.98. The fraction of sp³-hybridized carbons (Fsp3) is 0.350. The van der Waals surface area contributed by atoms with Crippen LogP contribution in [0, 0.1) is 0 Å². The molecule has 128 valence electrons. The molecule has 0 saturated heterocycles. The minimum absolute atomic E-state index is 0.000612. The van der Waals surface area contributed by atoms with Crippen molar-refractivity contribution in [1.29, 1.82) is 0 Å². The third-order valence-corrected chi connectivity index (χ3v) is 3.91. The largest absolute Gasteiger partial charge is 0.457 e. The Balaban J connectivity index is 1.85. The molecule has 0 heterocycles. The van der Waals surface area contributed by atoms with Gasteiger partial charge in [-0.3, -0.25) is 0 Å². The molecule has 0 aliphatic rings. The van der Waals surface area contributed by atoms with E-state index in [4.69, 9.17) is 10.5 Å². The predicted molar refractivity (Wildman–Crippen MR) is 96.7 cm³/mol. The summed E-state index contributed by atoms with van der Waals surface area (Å²) in [5, 5.41) is 0. The molecule has 2 rings (SSSR count). The van der Waals surface area contributed by atoms with Crippen molar-refractivity contribution >= 4 is 5.97 Å². The first-order valence-corrected chi connectivity index (χ1v) is 8.27. The van der Waals surface area contributed by atoms with Crippen LogP contribution in [0.1, 0.15) is 40.4 Å². The second-order valence-corrected chi connectivity index (χ2v) is 6.24. The summed E-state index contributed by atoms with van der Waals surface area (Å²) in [5.41, 5.74) is 8.79. The number of ether oxygens (including phenoxy) is 1. The van der Waals surface area contributed by atoms with E-state index < -0.39 is 0 Å². The summed E-state index contributed by atoms with van der Waals surface area (Å²) >= 11 is 0. The Bertz CT molecular complexity index is 624. The number of rotatable bonds is 8.